The van der Waals surface area contributed by atoms with E-state index in [2.05, 4.69) is 5.32 Å². The number of hydrogen-bond acceptors (Lipinski definition) is 5. The van der Waals surface area contributed by atoms with Crippen LogP contribution in [-0.2, 0) is 9.53 Å². The number of nitrogen functional groups attached to an aromatic ring is 1. The van der Waals surface area contributed by atoms with E-state index in [0.29, 0.717) is 36.1 Å². The summed E-state index contributed by atoms with van der Waals surface area (Å²) in [7, 11) is 0. The highest BCUT2D eigenvalue weighted by molar-refractivity contribution is 5.95. The zero-order chi connectivity index (χ0) is 13.8. The Morgan fingerprint density at radius 1 is 1.37 bits per heavy atom. The van der Waals surface area contributed by atoms with E-state index in [4.69, 9.17) is 19.9 Å². The fraction of sp³-hybridized carbons (Fsp3) is 0.462. The van der Waals surface area contributed by atoms with Crippen LogP contribution in [0.25, 0.3) is 0 Å². The summed E-state index contributed by atoms with van der Waals surface area (Å²) in [4.78, 5) is 11.7. The van der Waals surface area contributed by atoms with E-state index in [-0.39, 0.29) is 18.6 Å². The SMILES string of the molecule is CC(C)OCC(=O)Nc1cc2c(cc1N)OCCO2. The molecule has 0 saturated carbocycles. The fourth-order valence-electron chi connectivity index (χ4n) is 1.64. The molecule has 1 heterocycles. The average molecular weight is 266 g/mol. The molecule has 2 rings (SSSR count). The van der Waals surface area contributed by atoms with Crippen LogP contribution in [0.15, 0.2) is 12.1 Å². The summed E-state index contributed by atoms with van der Waals surface area (Å²) in [5.41, 5.74) is 6.79. The maximum Gasteiger partial charge on any atom is 0.250 e. The van der Waals surface area contributed by atoms with Crippen LogP contribution >= 0.6 is 0 Å². The van der Waals surface area contributed by atoms with Crippen LogP contribution in [0, 0.1) is 0 Å². The third-order valence-electron chi connectivity index (χ3n) is 2.54. The first-order chi connectivity index (χ1) is 9.06. The first-order valence-electron chi connectivity index (χ1n) is 6.17. The first kappa shape index (κ1) is 13.5. The number of nitrogens with one attached hydrogen (secondary N) is 1. The lowest BCUT2D eigenvalue weighted by molar-refractivity contribution is -0.121. The second-order valence-corrected chi connectivity index (χ2v) is 4.49. The fourth-order valence-corrected chi connectivity index (χ4v) is 1.64. The van der Waals surface area contributed by atoms with Crippen molar-refractivity contribution >= 4 is 17.3 Å². The van der Waals surface area contributed by atoms with Crippen LogP contribution in [0.5, 0.6) is 11.5 Å². The number of carbonyl (C=O) groups is 1. The molecular formula is C13H18N2O4. The van der Waals surface area contributed by atoms with E-state index >= 15 is 0 Å². The minimum absolute atomic E-state index is 0.00311. The van der Waals surface area contributed by atoms with Gasteiger partial charge < -0.3 is 25.3 Å². The van der Waals surface area contributed by atoms with E-state index in [1.165, 1.54) is 0 Å². The molecule has 0 unspecified atom stereocenters. The number of ether oxygens (including phenoxy) is 3. The normalized spacial score (nSPS) is 13.4. The number of hydrogen-bond donors (Lipinski definition) is 2. The predicted molar refractivity (Wildman–Crippen MR) is 71.6 cm³/mol. The lowest BCUT2D eigenvalue weighted by atomic mass is 10.2. The van der Waals surface area contributed by atoms with E-state index in [0.717, 1.165) is 0 Å². The molecule has 1 aliphatic heterocycles. The second-order valence-electron chi connectivity index (χ2n) is 4.49. The van der Waals surface area contributed by atoms with Crippen LogP contribution in [0.3, 0.4) is 0 Å². The molecular weight excluding hydrogens is 248 g/mol. The monoisotopic (exact) mass is 266 g/mol. The highest BCUT2D eigenvalue weighted by Gasteiger charge is 2.16. The Balaban J connectivity index is 2.05. The average Bonchev–Trinajstić information content (AvgIpc) is 2.37. The van der Waals surface area contributed by atoms with Crippen molar-refractivity contribution in [3.05, 3.63) is 12.1 Å². The van der Waals surface area contributed by atoms with Gasteiger partial charge in [0.1, 0.15) is 19.8 Å². The summed E-state index contributed by atoms with van der Waals surface area (Å²) in [5.74, 6) is 0.929. The van der Waals surface area contributed by atoms with Crippen LogP contribution in [-0.4, -0.2) is 31.8 Å². The lowest BCUT2D eigenvalue weighted by Gasteiger charge is -2.20. The maximum atomic E-state index is 11.7. The summed E-state index contributed by atoms with van der Waals surface area (Å²) in [5, 5.41) is 2.69. The lowest BCUT2D eigenvalue weighted by Crippen LogP contribution is -2.22. The largest absolute Gasteiger partial charge is 0.486 e. The molecule has 0 atom stereocenters. The van der Waals surface area contributed by atoms with Crippen molar-refractivity contribution in [1.29, 1.82) is 0 Å². The molecule has 1 aromatic carbocycles. The van der Waals surface area contributed by atoms with Crippen LogP contribution in [0.2, 0.25) is 0 Å². The Kier molecular flexibility index (Phi) is 4.11. The second kappa shape index (κ2) is 5.79. The van der Waals surface area contributed by atoms with Crippen molar-refractivity contribution < 1.29 is 19.0 Å². The molecule has 3 N–H and O–H groups in total. The van der Waals surface area contributed by atoms with Crippen LogP contribution < -0.4 is 20.5 Å². The molecule has 104 valence electrons. The van der Waals surface area contributed by atoms with Crippen LogP contribution in [0.1, 0.15) is 13.8 Å². The van der Waals surface area contributed by atoms with Gasteiger partial charge in [-0.05, 0) is 13.8 Å². The zero-order valence-electron chi connectivity index (χ0n) is 11.1. The smallest absolute Gasteiger partial charge is 0.250 e. The summed E-state index contributed by atoms with van der Waals surface area (Å²) in [6, 6.07) is 3.31. The number of rotatable bonds is 4. The first-order valence-corrected chi connectivity index (χ1v) is 6.17. The predicted octanol–water partition coefficient (Wildman–Crippen LogP) is 1.40. The zero-order valence-corrected chi connectivity index (χ0v) is 11.1. The van der Waals surface area contributed by atoms with E-state index < -0.39 is 0 Å². The standard InChI is InChI=1S/C13H18N2O4/c1-8(2)19-7-13(16)15-10-6-12-11(5-9(10)14)17-3-4-18-12/h5-6,8H,3-4,7,14H2,1-2H3,(H,15,16). The summed E-state index contributed by atoms with van der Waals surface area (Å²) >= 11 is 0. The summed E-state index contributed by atoms with van der Waals surface area (Å²) in [6.07, 6.45) is 0.00311. The van der Waals surface area contributed by atoms with Crippen molar-refractivity contribution in [3.63, 3.8) is 0 Å². The topological polar surface area (TPSA) is 82.8 Å². The minimum atomic E-state index is -0.253. The quantitative estimate of drug-likeness (QED) is 0.805. The molecule has 1 aliphatic rings. The van der Waals surface area contributed by atoms with Gasteiger partial charge in [-0.2, -0.15) is 0 Å². The Morgan fingerprint density at radius 2 is 2.00 bits per heavy atom. The highest BCUT2D eigenvalue weighted by Crippen LogP contribution is 2.36. The van der Waals surface area contributed by atoms with Gasteiger partial charge >= 0.3 is 0 Å². The molecule has 0 aliphatic carbocycles. The van der Waals surface area contributed by atoms with Gasteiger partial charge in [-0.3, -0.25) is 4.79 Å². The number of nitrogens with two attached hydrogens (primary N) is 1. The number of benzene rings is 1. The Bertz CT molecular complexity index is 474. The molecule has 0 spiro atoms. The Morgan fingerprint density at radius 3 is 2.63 bits per heavy atom. The van der Waals surface area contributed by atoms with Gasteiger partial charge in [0.2, 0.25) is 5.91 Å². The third-order valence-corrected chi connectivity index (χ3v) is 2.54. The minimum Gasteiger partial charge on any atom is -0.486 e. The van der Waals surface area contributed by atoms with E-state index in [9.17, 15) is 4.79 Å². The van der Waals surface area contributed by atoms with Crippen LogP contribution in [0.4, 0.5) is 11.4 Å². The molecule has 0 radical (unpaired) electrons. The Hall–Kier alpha value is -1.95. The van der Waals surface area contributed by atoms with Gasteiger partial charge in [0.15, 0.2) is 11.5 Å². The van der Waals surface area contributed by atoms with E-state index in [1.54, 1.807) is 12.1 Å². The number of carbonyl (C=O) groups excluding carboxylic acids is 1. The number of anilines is 2. The van der Waals surface area contributed by atoms with Crippen molar-refractivity contribution in [2.24, 2.45) is 0 Å². The summed E-state index contributed by atoms with van der Waals surface area (Å²) < 4.78 is 16.1. The molecule has 6 heteroatoms. The number of amides is 1. The van der Waals surface area contributed by atoms with Gasteiger partial charge in [-0.1, -0.05) is 0 Å². The third kappa shape index (κ3) is 3.51. The molecule has 0 fully saturated rings. The molecule has 1 amide bonds. The van der Waals surface area contributed by atoms with Gasteiger partial charge in [-0.15, -0.1) is 0 Å². The van der Waals surface area contributed by atoms with Crippen molar-refractivity contribution in [1.82, 2.24) is 0 Å². The molecule has 19 heavy (non-hydrogen) atoms. The van der Waals surface area contributed by atoms with Crippen molar-refractivity contribution in [3.8, 4) is 11.5 Å². The molecule has 1 aromatic rings. The van der Waals surface area contributed by atoms with Crippen molar-refractivity contribution in [2.45, 2.75) is 20.0 Å². The van der Waals surface area contributed by atoms with Gasteiger partial charge in [0.05, 0.1) is 17.5 Å². The highest BCUT2D eigenvalue weighted by atomic mass is 16.6. The maximum absolute atomic E-state index is 11.7. The molecule has 0 aromatic heterocycles. The molecule has 0 bridgehead atoms. The van der Waals surface area contributed by atoms with Gasteiger partial charge in [0.25, 0.3) is 0 Å². The summed E-state index contributed by atoms with van der Waals surface area (Å²) in [6.45, 7) is 4.71. The van der Waals surface area contributed by atoms with Gasteiger partial charge in [-0.25, -0.2) is 0 Å². The van der Waals surface area contributed by atoms with E-state index in [1.807, 2.05) is 13.8 Å². The van der Waals surface area contributed by atoms with Crippen molar-refractivity contribution in [2.75, 3.05) is 30.9 Å². The molecule has 6 nitrogen and oxygen atoms in total. The number of fused-ring (bicyclic) bond motifs is 1. The molecule has 0 saturated heterocycles. The Labute approximate surface area is 111 Å². The van der Waals surface area contributed by atoms with Gasteiger partial charge in [0, 0.05) is 12.1 Å².